The van der Waals surface area contributed by atoms with Gasteiger partial charge in [0.1, 0.15) is 11.5 Å². The fourth-order valence-electron chi connectivity index (χ4n) is 2.80. The summed E-state index contributed by atoms with van der Waals surface area (Å²) in [5.74, 6) is 1.09. The zero-order chi connectivity index (χ0) is 21.5. The number of thioether (sulfide) groups is 1. The van der Waals surface area contributed by atoms with Crippen LogP contribution in [0.4, 0.5) is 5.69 Å². The number of amides is 1. The highest BCUT2D eigenvalue weighted by molar-refractivity contribution is 7.99. The molecule has 3 aromatic rings. The van der Waals surface area contributed by atoms with E-state index < -0.39 is 0 Å². The average molecular weight is 448 g/mol. The lowest BCUT2D eigenvalue weighted by Crippen LogP contribution is -2.15. The van der Waals surface area contributed by atoms with Gasteiger partial charge in [0, 0.05) is 17.6 Å². The summed E-state index contributed by atoms with van der Waals surface area (Å²) < 4.78 is 12.4. The number of halogens is 1. The number of benzene rings is 2. The van der Waals surface area contributed by atoms with Gasteiger partial charge >= 0.3 is 0 Å². The molecule has 0 aliphatic rings. The predicted octanol–water partition coefficient (Wildman–Crippen LogP) is 3.83. The molecule has 0 atom stereocenters. The van der Waals surface area contributed by atoms with Gasteiger partial charge in [0.05, 0.1) is 44.2 Å². The van der Waals surface area contributed by atoms with Gasteiger partial charge in [-0.3, -0.25) is 4.79 Å². The maximum atomic E-state index is 12.5. The van der Waals surface area contributed by atoms with Crippen LogP contribution in [0.2, 0.25) is 5.02 Å². The number of carbonyl (C=O) groups is 1. The van der Waals surface area contributed by atoms with Crippen molar-refractivity contribution in [2.24, 2.45) is 0 Å². The van der Waals surface area contributed by atoms with E-state index in [0.29, 0.717) is 39.6 Å². The number of aliphatic hydroxyl groups is 1. The maximum absolute atomic E-state index is 12.5. The molecule has 2 N–H and O–H groups in total. The van der Waals surface area contributed by atoms with Crippen molar-refractivity contribution in [1.29, 1.82) is 0 Å². The molecule has 3 rings (SSSR count). The van der Waals surface area contributed by atoms with E-state index in [9.17, 15) is 9.90 Å². The summed E-state index contributed by atoms with van der Waals surface area (Å²) in [6.45, 7) is 0.370. The first-order valence-electron chi connectivity index (χ1n) is 9.08. The Balaban J connectivity index is 1.69. The van der Waals surface area contributed by atoms with Gasteiger partial charge in [-0.25, -0.2) is 4.98 Å². The number of anilines is 1. The molecule has 1 amide bonds. The first kappa shape index (κ1) is 22.0. The number of carbonyl (C=O) groups excluding carboxylic acids is 1. The van der Waals surface area contributed by atoms with E-state index in [1.165, 1.54) is 18.9 Å². The fraction of sp³-hybridized carbons (Fsp3) is 0.238. The van der Waals surface area contributed by atoms with Gasteiger partial charge in [-0.2, -0.15) is 0 Å². The molecule has 0 unspecified atom stereocenters. The van der Waals surface area contributed by atoms with Crippen LogP contribution in [-0.4, -0.2) is 40.5 Å². The molecular weight excluding hydrogens is 426 g/mol. The lowest BCUT2D eigenvalue weighted by atomic mass is 10.2. The Morgan fingerprint density at radius 1 is 1.20 bits per heavy atom. The van der Waals surface area contributed by atoms with Crippen molar-refractivity contribution in [1.82, 2.24) is 9.55 Å². The van der Waals surface area contributed by atoms with Crippen LogP contribution in [0.15, 0.2) is 53.8 Å². The van der Waals surface area contributed by atoms with Crippen molar-refractivity contribution in [3.63, 3.8) is 0 Å². The van der Waals surface area contributed by atoms with Crippen LogP contribution >= 0.6 is 23.4 Å². The minimum atomic E-state index is -0.210. The molecule has 1 aromatic heterocycles. The number of nitrogens with one attached hydrogen (secondary N) is 1. The van der Waals surface area contributed by atoms with Crippen LogP contribution in [0, 0.1) is 0 Å². The van der Waals surface area contributed by atoms with Gasteiger partial charge in [-0.05, 0) is 29.8 Å². The number of aromatic nitrogens is 2. The third kappa shape index (κ3) is 5.47. The van der Waals surface area contributed by atoms with Crippen LogP contribution in [0.5, 0.6) is 11.5 Å². The summed E-state index contributed by atoms with van der Waals surface area (Å²) >= 11 is 7.24. The molecule has 7 nitrogen and oxygen atoms in total. The van der Waals surface area contributed by atoms with Crippen molar-refractivity contribution in [3.8, 4) is 11.5 Å². The van der Waals surface area contributed by atoms with Gasteiger partial charge in [0.25, 0.3) is 0 Å². The second-order valence-corrected chi connectivity index (χ2v) is 7.68. The summed E-state index contributed by atoms with van der Waals surface area (Å²) in [4.78, 5) is 16.9. The van der Waals surface area contributed by atoms with Crippen molar-refractivity contribution in [2.75, 3.05) is 25.3 Å². The van der Waals surface area contributed by atoms with E-state index in [1.807, 2.05) is 28.8 Å². The Morgan fingerprint density at radius 3 is 2.63 bits per heavy atom. The number of nitrogens with zero attached hydrogens (tertiary/aromatic N) is 2. The first-order chi connectivity index (χ1) is 14.5. The highest BCUT2D eigenvalue weighted by atomic mass is 35.5. The summed E-state index contributed by atoms with van der Waals surface area (Å²) in [6.07, 6.45) is 1.61. The van der Waals surface area contributed by atoms with Crippen LogP contribution in [0.25, 0.3) is 0 Å². The second-order valence-electron chi connectivity index (χ2n) is 6.31. The molecule has 0 saturated carbocycles. The van der Waals surface area contributed by atoms with Crippen LogP contribution in [0.1, 0.15) is 11.3 Å². The predicted molar refractivity (Wildman–Crippen MR) is 118 cm³/mol. The number of rotatable bonds is 9. The van der Waals surface area contributed by atoms with Gasteiger partial charge < -0.3 is 24.5 Å². The van der Waals surface area contributed by atoms with E-state index in [0.717, 1.165) is 5.56 Å². The standard InChI is InChI=1S/C21H22ClN3O4S/c1-28-17-7-8-19(29-2)18(9-17)24-20(27)13-30-21-23-10-16(12-26)25(21)11-14-3-5-15(22)6-4-14/h3-10,26H,11-13H2,1-2H3,(H,24,27). The van der Waals surface area contributed by atoms with Crippen molar-refractivity contribution < 1.29 is 19.4 Å². The molecule has 0 aliphatic carbocycles. The van der Waals surface area contributed by atoms with Crippen LogP contribution < -0.4 is 14.8 Å². The number of imidazole rings is 1. The average Bonchev–Trinajstić information content (AvgIpc) is 3.15. The minimum absolute atomic E-state index is 0.142. The fourth-order valence-corrected chi connectivity index (χ4v) is 3.73. The van der Waals surface area contributed by atoms with E-state index in [-0.39, 0.29) is 18.3 Å². The smallest absolute Gasteiger partial charge is 0.234 e. The van der Waals surface area contributed by atoms with Crippen molar-refractivity contribution in [3.05, 3.63) is 64.9 Å². The third-order valence-electron chi connectivity index (χ3n) is 4.33. The number of ether oxygens (including phenoxy) is 2. The molecule has 0 bridgehead atoms. The third-order valence-corrected chi connectivity index (χ3v) is 5.57. The minimum Gasteiger partial charge on any atom is -0.497 e. The monoisotopic (exact) mass is 447 g/mol. The molecule has 2 aromatic carbocycles. The highest BCUT2D eigenvalue weighted by Gasteiger charge is 2.14. The summed E-state index contributed by atoms with van der Waals surface area (Å²) in [7, 11) is 3.10. The number of hydrogen-bond donors (Lipinski definition) is 2. The Hall–Kier alpha value is -2.68. The summed E-state index contributed by atoms with van der Waals surface area (Å²) in [5, 5.41) is 13.8. The molecule has 9 heteroatoms. The zero-order valence-corrected chi connectivity index (χ0v) is 18.2. The molecule has 0 radical (unpaired) electrons. The molecule has 158 valence electrons. The second kappa shape index (κ2) is 10.4. The van der Waals surface area contributed by atoms with Gasteiger partial charge in [-0.1, -0.05) is 35.5 Å². The number of aliphatic hydroxyl groups excluding tert-OH is 1. The maximum Gasteiger partial charge on any atom is 0.234 e. The summed E-state index contributed by atoms with van der Waals surface area (Å²) in [5.41, 5.74) is 2.21. The van der Waals surface area contributed by atoms with E-state index in [2.05, 4.69) is 10.3 Å². The van der Waals surface area contributed by atoms with Crippen LogP contribution in [0.3, 0.4) is 0 Å². The van der Waals surface area contributed by atoms with Gasteiger partial charge in [0.2, 0.25) is 5.91 Å². The Labute approximate surface area is 184 Å². The molecule has 1 heterocycles. The molecule has 0 saturated heterocycles. The highest BCUT2D eigenvalue weighted by Crippen LogP contribution is 2.29. The molecule has 30 heavy (non-hydrogen) atoms. The molecule has 0 fully saturated rings. The Bertz CT molecular complexity index is 1010. The van der Waals surface area contributed by atoms with E-state index in [4.69, 9.17) is 21.1 Å². The lowest BCUT2D eigenvalue weighted by molar-refractivity contribution is -0.113. The van der Waals surface area contributed by atoms with Gasteiger partial charge in [0.15, 0.2) is 5.16 Å². The first-order valence-corrected chi connectivity index (χ1v) is 10.4. The molecule has 0 aliphatic heterocycles. The SMILES string of the molecule is COc1ccc(OC)c(NC(=O)CSc2ncc(CO)n2Cc2ccc(Cl)cc2)c1. The van der Waals surface area contributed by atoms with Crippen molar-refractivity contribution >= 4 is 35.0 Å². The number of hydrogen-bond acceptors (Lipinski definition) is 6. The van der Waals surface area contributed by atoms with Gasteiger partial charge in [-0.15, -0.1) is 0 Å². The van der Waals surface area contributed by atoms with E-state index >= 15 is 0 Å². The topological polar surface area (TPSA) is 85.6 Å². The lowest BCUT2D eigenvalue weighted by Gasteiger charge is -2.13. The largest absolute Gasteiger partial charge is 0.497 e. The number of methoxy groups -OCH3 is 2. The molecule has 0 spiro atoms. The van der Waals surface area contributed by atoms with E-state index in [1.54, 1.807) is 31.5 Å². The quantitative estimate of drug-likeness (QED) is 0.485. The Morgan fingerprint density at radius 2 is 1.97 bits per heavy atom. The Kier molecular flexibility index (Phi) is 7.62. The van der Waals surface area contributed by atoms with Crippen molar-refractivity contribution in [2.45, 2.75) is 18.3 Å². The summed E-state index contributed by atoms with van der Waals surface area (Å²) in [6, 6.07) is 12.6. The zero-order valence-electron chi connectivity index (χ0n) is 16.6. The normalized spacial score (nSPS) is 10.7. The molecular formula is C21H22ClN3O4S. The van der Waals surface area contributed by atoms with Crippen LogP contribution in [-0.2, 0) is 17.9 Å².